The van der Waals surface area contributed by atoms with Gasteiger partial charge in [-0.3, -0.25) is 0 Å². The maximum absolute atomic E-state index is 5.64. The second kappa shape index (κ2) is 13.4. The fourth-order valence-corrected chi connectivity index (χ4v) is 12.4. The molecular weight excluding hydrogens is 805 g/mol. The first-order chi connectivity index (χ1) is 31.2. The van der Waals surface area contributed by atoms with Crippen LogP contribution in [0.1, 0.15) is 0 Å². The third-order valence-corrected chi connectivity index (χ3v) is 15.2. The van der Waals surface area contributed by atoms with Crippen LogP contribution in [0.2, 0.25) is 0 Å². The highest BCUT2D eigenvalue weighted by Gasteiger charge is 2.26. The number of fused-ring (bicyclic) bond motifs is 14. The van der Waals surface area contributed by atoms with Crippen LogP contribution in [0.5, 0.6) is 0 Å². The molecule has 0 saturated carbocycles. The number of benzene rings is 10. The van der Waals surface area contributed by atoms with Crippen molar-refractivity contribution in [2.75, 3.05) is 0 Å². The highest BCUT2D eigenvalue weighted by atomic mass is 32.1. The Hall–Kier alpha value is -7.77. The molecule has 6 heteroatoms. The summed E-state index contributed by atoms with van der Waals surface area (Å²) in [6.07, 6.45) is 0. The van der Waals surface area contributed by atoms with Gasteiger partial charge in [0.1, 0.15) is 0 Å². The monoisotopic (exact) mass is 836 g/mol. The standard InChI is InChI=1S/C57H32N4S2/c1-2-15-35(16-3-1)55-58-56(44-23-12-22-42-40-21-10-11-24-48(40)62-54(42)44)60-57(59-55)51-46(29-30-49-50(51)43-28-26-34-14-7-9-20-39(34)53(43)63-49)61-47-32-37-18-5-4-17-36(37)31-45(47)41-27-25-33-13-6-8-19-38(33)52(41)61/h1-32H. The Morgan fingerprint density at radius 3 is 1.84 bits per heavy atom. The first kappa shape index (κ1) is 34.9. The lowest BCUT2D eigenvalue weighted by molar-refractivity contribution is 1.07. The Morgan fingerprint density at radius 1 is 0.365 bits per heavy atom. The van der Waals surface area contributed by atoms with E-state index in [1.807, 2.05) is 17.4 Å². The van der Waals surface area contributed by atoms with E-state index in [0.29, 0.717) is 17.5 Å². The van der Waals surface area contributed by atoms with E-state index in [-0.39, 0.29) is 0 Å². The fraction of sp³-hybridized carbons (Fsp3) is 0. The molecule has 0 radical (unpaired) electrons. The first-order valence-electron chi connectivity index (χ1n) is 21.2. The van der Waals surface area contributed by atoms with Crippen molar-refractivity contribution in [1.82, 2.24) is 19.5 Å². The van der Waals surface area contributed by atoms with Gasteiger partial charge in [0, 0.05) is 67.6 Å². The molecule has 0 aliphatic heterocycles. The summed E-state index contributed by atoms with van der Waals surface area (Å²) in [5.74, 6) is 1.93. The van der Waals surface area contributed by atoms with Gasteiger partial charge in [-0.05, 0) is 63.3 Å². The minimum Gasteiger partial charge on any atom is -0.308 e. The maximum atomic E-state index is 5.64. The van der Waals surface area contributed by atoms with Crippen LogP contribution in [0, 0.1) is 0 Å². The van der Waals surface area contributed by atoms with Crippen LogP contribution >= 0.6 is 22.7 Å². The molecule has 63 heavy (non-hydrogen) atoms. The van der Waals surface area contributed by atoms with Crippen molar-refractivity contribution < 1.29 is 0 Å². The summed E-state index contributed by atoms with van der Waals surface area (Å²) in [4.78, 5) is 16.5. The van der Waals surface area contributed by atoms with Crippen LogP contribution in [-0.4, -0.2) is 19.5 Å². The molecule has 14 rings (SSSR count). The van der Waals surface area contributed by atoms with Gasteiger partial charge >= 0.3 is 0 Å². The van der Waals surface area contributed by atoms with Gasteiger partial charge in [-0.1, -0.05) is 158 Å². The summed E-state index contributed by atoms with van der Waals surface area (Å²) in [7, 11) is 0. The van der Waals surface area contributed by atoms with Crippen LogP contribution in [0.3, 0.4) is 0 Å². The Labute approximate surface area is 368 Å². The summed E-state index contributed by atoms with van der Waals surface area (Å²) in [6, 6.07) is 70.2. The lowest BCUT2D eigenvalue weighted by atomic mass is 10.00. The Balaban J connectivity index is 1.18. The molecule has 4 heterocycles. The van der Waals surface area contributed by atoms with Gasteiger partial charge in [0.05, 0.1) is 22.3 Å². The molecule has 0 unspecified atom stereocenters. The lowest BCUT2D eigenvalue weighted by Gasteiger charge is -2.17. The van der Waals surface area contributed by atoms with Crippen molar-refractivity contribution in [1.29, 1.82) is 0 Å². The van der Waals surface area contributed by atoms with Crippen molar-refractivity contribution in [2.24, 2.45) is 0 Å². The minimum absolute atomic E-state index is 0.639. The number of thiophene rings is 2. The highest BCUT2D eigenvalue weighted by molar-refractivity contribution is 7.27. The summed E-state index contributed by atoms with van der Waals surface area (Å²) in [5.41, 5.74) is 6.25. The quantitative estimate of drug-likeness (QED) is 0.177. The average Bonchev–Trinajstić information content (AvgIpc) is 4.03. The van der Waals surface area contributed by atoms with E-state index in [9.17, 15) is 0 Å². The zero-order chi connectivity index (χ0) is 41.2. The lowest BCUT2D eigenvalue weighted by Crippen LogP contribution is -2.04. The number of nitrogens with zero attached hydrogens (tertiary/aromatic N) is 4. The minimum atomic E-state index is 0.639. The fourth-order valence-electron chi connectivity index (χ4n) is 9.96. The zero-order valence-corrected chi connectivity index (χ0v) is 35.2. The first-order valence-corrected chi connectivity index (χ1v) is 22.8. The molecule has 292 valence electrons. The molecule has 14 aromatic rings. The van der Waals surface area contributed by atoms with Gasteiger partial charge in [-0.2, -0.15) is 0 Å². The largest absolute Gasteiger partial charge is 0.308 e. The van der Waals surface area contributed by atoms with Crippen LogP contribution in [0.25, 0.3) is 134 Å². The SMILES string of the molecule is c1ccc(-c2nc(-c3cccc4c3sc3ccccc34)nc(-c3c(-n4c5cc6ccccc6cc5c5ccc6ccccc6c54)ccc4sc5c6ccccc6ccc5c34)n2)cc1. The summed E-state index contributed by atoms with van der Waals surface area (Å²) in [6.45, 7) is 0. The molecule has 0 N–H and O–H groups in total. The van der Waals surface area contributed by atoms with E-state index < -0.39 is 0 Å². The van der Waals surface area contributed by atoms with Gasteiger partial charge in [-0.15, -0.1) is 22.7 Å². The van der Waals surface area contributed by atoms with Crippen LogP contribution < -0.4 is 0 Å². The molecule has 0 aliphatic carbocycles. The molecule has 0 fully saturated rings. The molecule has 0 bridgehead atoms. The summed E-state index contributed by atoms with van der Waals surface area (Å²) in [5, 5.41) is 14.5. The molecule has 4 nitrogen and oxygen atoms in total. The highest BCUT2D eigenvalue weighted by Crippen LogP contribution is 2.48. The second-order valence-corrected chi connectivity index (χ2v) is 18.4. The summed E-state index contributed by atoms with van der Waals surface area (Å²) >= 11 is 3.64. The topological polar surface area (TPSA) is 43.6 Å². The number of aromatic nitrogens is 4. The molecular formula is C57H32N4S2. The second-order valence-electron chi connectivity index (χ2n) is 16.3. The number of rotatable bonds is 4. The Kier molecular flexibility index (Phi) is 7.40. The van der Waals surface area contributed by atoms with Crippen molar-refractivity contribution >= 4 is 117 Å². The molecule has 4 aromatic heterocycles. The van der Waals surface area contributed by atoms with E-state index >= 15 is 0 Å². The maximum Gasteiger partial charge on any atom is 0.166 e. The van der Waals surface area contributed by atoms with Gasteiger partial charge in [-0.25, -0.2) is 15.0 Å². The zero-order valence-electron chi connectivity index (χ0n) is 33.6. The van der Waals surface area contributed by atoms with E-state index in [4.69, 9.17) is 15.0 Å². The van der Waals surface area contributed by atoms with E-state index in [1.54, 1.807) is 11.3 Å². The van der Waals surface area contributed by atoms with Crippen molar-refractivity contribution in [3.8, 4) is 39.9 Å². The van der Waals surface area contributed by atoms with Crippen LogP contribution in [-0.2, 0) is 0 Å². The molecule has 0 atom stereocenters. The third kappa shape index (κ3) is 5.17. The Morgan fingerprint density at radius 2 is 1.00 bits per heavy atom. The van der Waals surface area contributed by atoms with Crippen LogP contribution in [0.4, 0.5) is 0 Å². The molecule has 0 amide bonds. The molecule has 0 saturated heterocycles. The molecule has 10 aromatic carbocycles. The van der Waals surface area contributed by atoms with Gasteiger partial charge < -0.3 is 4.57 Å². The predicted octanol–water partition coefficient (Wildman–Crippen LogP) is 16.2. The average molecular weight is 837 g/mol. The Bertz CT molecular complexity index is 4220. The molecule has 0 spiro atoms. The van der Waals surface area contributed by atoms with Crippen molar-refractivity contribution in [3.63, 3.8) is 0 Å². The van der Waals surface area contributed by atoms with Gasteiger partial charge in [0.15, 0.2) is 17.5 Å². The van der Waals surface area contributed by atoms with E-state index in [0.717, 1.165) is 38.8 Å². The smallest absolute Gasteiger partial charge is 0.166 e. The number of hydrogen-bond acceptors (Lipinski definition) is 5. The third-order valence-electron chi connectivity index (χ3n) is 12.8. The number of hydrogen-bond donors (Lipinski definition) is 0. The van der Waals surface area contributed by atoms with Crippen LogP contribution in [0.15, 0.2) is 194 Å². The predicted molar refractivity (Wildman–Crippen MR) is 269 cm³/mol. The van der Waals surface area contributed by atoms with Gasteiger partial charge in [0.25, 0.3) is 0 Å². The van der Waals surface area contributed by atoms with Crippen molar-refractivity contribution in [2.45, 2.75) is 0 Å². The van der Waals surface area contributed by atoms with Crippen molar-refractivity contribution in [3.05, 3.63) is 194 Å². The summed E-state index contributed by atoms with van der Waals surface area (Å²) < 4.78 is 7.35. The normalized spacial score (nSPS) is 12.1. The van der Waals surface area contributed by atoms with Gasteiger partial charge in [0.2, 0.25) is 0 Å². The van der Waals surface area contributed by atoms with E-state index in [1.165, 1.54) is 78.0 Å². The molecule has 0 aliphatic rings. The van der Waals surface area contributed by atoms with E-state index in [2.05, 4.69) is 193 Å².